The van der Waals surface area contributed by atoms with Gasteiger partial charge in [0.25, 0.3) is 0 Å². The summed E-state index contributed by atoms with van der Waals surface area (Å²) < 4.78 is 4.42. The van der Waals surface area contributed by atoms with E-state index in [1.54, 1.807) is 24.3 Å². The lowest BCUT2D eigenvalue weighted by Crippen LogP contribution is -2.16. The normalized spacial score (nSPS) is 9.50. The number of methoxy groups -OCH3 is 1. The molecule has 3 N–H and O–H groups in total. The summed E-state index contributed by atoms with van der Waals surface area (Å²) in [7, 11) is 1.26. The molecule has 0 radical (unpaired) electrons. The Morgan fingerprint density at radius 3 is 2.50 bits per heavy atom. The zero-order valence-electron chi connectivity index (χ0n) is 7.91. The number of benzene rings is 1. The molecular weight excluding hydrogens is 180 g/mol. The molecule has 0 spiro atoms. The molecule has 1 rings (SSSR count). The molecule has 0 heterocycles. The van der Waals surface area contributed by atoms with Crippen LogP contribution in [0, 0.1) is 5.41 Å². The quantitative estimate of drug-likeness (QED) is 0.426. The Morgan fingerprint density at radius 1 is 1.43 bits per heavy atom. The van der Waals surface area contributed by atoms with Crippen molar-refractivity contribution in [2.24, 2.45) is 0 Å². The first-order valence-corrected chi connectivity index (χ1v) is 4.13. The van der Waals surface area contributed by atoms with Crippen molar-refractivity contribution in [2.75, 3.05) is 12.8 Å². The number of rotatable bonds is 3. The lowest BCUT2D eigenvalue weighted by molar-refractivity contribution is -0.132. The highest BCUT2D eigenvalue weighted by atomic mass is 16.5. The molecule has 14 heavy (non-hydrogen) atoms. The SMILES string of the molecule is COC(=O)C(=N)Cc1ccc(N)cc1. The van der Waals surface area contributed by atoms with E-state index in [1.165, 1.54) is 7.11 Å². The second-order valence-electron chi connectivity index (χ2n) is 2.89. The number of nitrogens with one attached hydrogen (secondary N) is 1. The number of nitrogen functional groups attached to an aromatic ring is 1. The van der Waals surface area contributed by atoms with Crippen molar-refractivity contribution in [2.45, 2.75) is 6.42 Å². The van der Waals surface area contributed by atoms with E-state index in [2.05, 4.69) is 4.74 Å². The largest absolute Gasteiger partial charge is 0.465 e. The lowest BCUT2D eigenvalue weighted by atomic mass is 10.1. The fourth-order valence-electron chi connectivity index (χ4n) is 1.03. The Kier molecular flexibility index (Phi) is 3.23. The zero-order chi connectivity index (χ0) is 10.6. The van der Waals surface area contributed by atoms with Gasteiger partial charge in [0.15, 0.2) is 0 Å². The summed E-state index contributed by atoms with van der Waals surface area (Å²) in [6.07, 6.45) is 0.271. The first-order chi connectivity index (χ1) is 6.63. The Labute approximate surface area is 82.2 Å². The van der Waals surface area contributed by atoms with E-state index in [4.69, 9.17) is 11.1 Å². The van der Waals surface area contributed by atoms with Crippen molar-refractivity contribution in [1.82, 2.24) is 0 Å². The van der Waals surface area contributed by atoms with Crippen LogP contribution in [-0.2, 0) is 16.0 Å². The van der Waals surface area contributed by atoms with Crippen molar-refractivity contribution in [3.05, 3.63) is 29.8 Å². The van der Waals surface area contributed by atoms with Crippen LogP contribution in [0.3, 0.4) is 0 Å². The maximum atomic E-state index is 10.9. The summed E-state index contributed by atoms with van der Waals surface area (Å²) in [6, 6.07) is 7.04. The van der Waals surface area contributed by atoms with Crippen molar-refractivity contribution >= 4 is 17.4 Å². The topological polar surface area (TPSA) is 76.2 Å². The summed E-state index contributed by atoms with van der Waals surface area (Å²) >= 11 is 0. The van der Waals surface area contributed by atoms with E-state index in [0.29, 0.717) is 5.69 Å². The van der Waals surface area contributed by atoms with Crippen LogP contribution in [0.15, 0.2) is 24.3 Å². The van der Waals surface area contributed by atoms with Crippen molar-refractivity contribution < 1.29 is 9.53 Å². The molecule has 0 saturated carbocycles. The van der Waals surface area contributed by atoms with Gasteiger partial charge in [-0.25, -0.2) is 4.79 Å². The van der Waals surface area contributed by atoms with Gasteiger partial charge in [0.1, 0.15) is 5.71 Å². The van der Waals surface area contributed by atoms with E-state index >= 15 is 0 Å². The fourth-order valence-corrected chi connectivity index (χ4v) is 1.03. The van der Waals surface area contributed by atoms with Crippen LogP contribution in [0.1, 0.15) is 5.56 Å². The zero-order valence-corrected chi connectivity index (χ0v) is 7.91. The van der Waals surface area contributed by atoms with Gasteiger partial charge in [-0.2, -0.15) is 0 Å². The van der Waals surface area contributed by atoms with E-state index in [0.717, 1.165) is 5.56 Å². The van der Waals surface area contributed by atoms with Crippen LogP contribution in [-0.4, -0.2) is 18.8 Å². The summed E-state index contributed by atoms with van der Waals surface area (Å²) in [5.41, 5.74) is 6.98. The average Bonchev–Trinajstić information content (AvgIpc) is 2.20. The monoisotopic (exact) mass is 192 g/mol. The molecule has 0 aromatic heterocycles. The molecule has 0 unspecified atom stereocenters. The van der Waals surface area contributed by atoms with Crippen molar-refractivity contribution in [3.63, 3.8) is 0 Å². The third-order valence-corrected chi connectivity index (χ3v) is 1.79. The molecule has 74 valence electrons. The number of carbonyl (C=O) groups is 1. The molecular formula is C10H12N2O2. The van der Waals surface area contributed by atoms with Gasteiger partial charge in [-0.3, -0.25) is 5.41 Å². The van der Waals surface area contributed by atoms with Crippen LogP contribution in [0.4, 0.5) is 5.69 Å². The smallest absolute Gasteiger partial charge is 0.352 e. The molecule has 0 aliphatic heterocycles. The standard InChI is InChI=1S/C10H12N2O2/c1-14-10(13)9(12)6-7-2-4-8(11)5-3-7/h2-5,12H,6,11H2,1H3. The van der Waals surface area contributed by atoms with E-state index < -0.39 is 5.97 Å². The first kappa shape index (κ1) is 10.2. The van der Waals surface area contributed by atoms with Crippen LogP contribution in [0.2, 0.25) is 0 Å². The second kappa shape index (κ2) is 4.41. The Morgan fingerprint density at radius 2 is 2.00 bits per heavy atom. The first-order valence-electron chi connectivity index (χ1n) is 4.13. The highest BCUT2D eigenvalue weighted by Crippen LogP contribution is 2.06. The number of ether oxygens (including phenoxy) is 1. The Hall–Kier alpha value is -1.84. The number of hydrogen-bond acceptors (Lipinski definition) is 4. The number of hydrogen-bond donors (Lipinski definition) is 2. The summed E-state index contributed by atoms with van der Waals surface area (Å²) in [4.78, 5) is 10.9. The molecule has 4 nitrogen and oxygen atoms in total. The average molecular weight is 192 g/mol. The van der Waals surface area contributed by atoms with Crippen LogP contribution >= 0.6 is 0 Å². The number of nitrogens with two attached hydrogens (primary N) is 1. The van der Waals surface area contributed by atoms with Crippen LogP contribution in [0.25, 0.3) is 0 Å². The van der Waals surface area contributed by atoms with Crippen molar-refractivity contribution in [3.8, 4) is 0 Å². The number of esters is 1. The molecule has 4 heteroatoms. The summed E-state index contributed by atoms with van der Waals surface area (Å²) in [5.74, 6) is -0.596. The maximum Gasteiger partial charge on any atom is 0.352 e. The molecule has 0 aliphatic carbocycles. The highest BCUT2D eigenvalue weighted by molar-refractivity contribution is 6.35. The predicted molar refractivity (Wildman–Crippen MR) is 54.3 cm³/mol. The number of anilines is 1. The highest BCUT2D eigenvalue weighted by Gasteiger charge is 2.09. The van der Waals surface area contributed by atoms with E-state index in [-0.39, 0.29) is 12.1 Å². The van der Waals surface area contributed by atoms with Gasteiger partial charge in [-0.15, -0.1) is 0 Å². The van der Waals surface area contributed by atoms with Gasteiger partial charge in [0.05, 0.1) is 7.11 Å². The summed E-state index contributed by atoms with van der Waals surface area (Å²) in [5, 5.41) is 7.38. The van der Waals surface area contributed by atoms with Gasteiger partial charge in [-0.1, -0.05) is 12.1 Å². The molecule has 1 aromatic rings. The molecule has 0 atom stereocenters. The Bertz CT molecular complexity index is 344. The minimum atomic E-state index is -0.596. The lowest BCUT2D eigenvalue weighted by Gasteiger charge is -2.02. The summed E-state index contributed by atoms with van der Waals surface area (Å²) in [6.45, 7) is 0. The predicted octanol–water partition coefficient (Wildman–Crippen LogP) is 1.00. The van der Waals surface area contributed by atoms with Crippen LogP contribution in [0.5, 0.6) is 0 Å². The minimum absolute atomic E-state index is 0.0581. The molecule has 0 aliphatic rings. The Balaban J connectivity index is 2.65. The van der Waals surface area contributed by atoms with Gasteiger partial charge in [0, 0.05) is 12.1 Å². The van der Waals surface area contributed by atoms with Crippen molar-refractivity contribution in [1.29, 1.82) is 5.41 Å². The van der Waals surface area contributed by atoms with Gasteiger partial charge in [0.2, 0.25) is 0 Å². The van der Waals surface area contributed by atoms with E-state index in [1.807, 2.05) is 0 Å². The molecule has 0 fully saturated rings. The van der Waals surface area contributed by atoms with Gasteiger partial charge >= 0.3 is 5.97 Å². The van der Waals surface area contributed by atoms with Crippen LogP contribution < -0.4 is 5.73 Å². The van der Waals surface area contributed by atoms with Gasteiger partial charge in [-0.05, 0) is 17.7 Å². The molecule has 0 amide bonds. The maximum absolute atomic E-state index is 10.9. The number of carbonyl (C=O) groups excluding carboxylic acids is 1. The fraction of sp³-hybridized carbons (Fsp3) is 0.200. The second-order valence-corrected chi connectivity index (χ2v) is 2.89. The third kappa shape index (κ3) is 2.58. The third-order valence-electron chi connectivity index (χ3n) is 1.79. The minimum Gasteiger partial charge on any atom is -0.465 e. The molecule has 0 bridgehead atoms. The molecule has 1 aromatic carbocycles. The van der Waals surface area contributed by atoms with Gasteiger partial charge < -0.3 is 10.5 Å². The van der Waals surface area contributed by atoms with E-state index in [9.17, 15) is 4.79 Å². The molecule has 0 saturated heterocycles.